The molecule has 0 aliphatic carbocycles. The zero-order valence-corrected chi connectivity index (χ0v) is 9.38. The van der Waals surface area contributed by atoms with E-state index in [-0.39, 0.29) is 12.6 Å². The molecule has 17 heavy (non-hydrogen) atoms. The third kappa shape index (κ3) is 4.87. The first-order chi connectivity index (χ1) is 7.92. The number of nitriles is 1. The zero-order valence-electron chi connectivity index (χ0n) is 9.38. The van der Waals surface area contributed by atoms with E-state index in [2.05, 4.69) is 5.32 Å². The molecule has 0 heterocycles. The molecule has 1 N–H and O–H groups in total. The second-order valence-electron chi connectivity index (χ2n) is 3.77. The normalized spacial score (nSPS) is 13.1. The smallest absolute Gasteiger partial charge is 0.310 e. The van der Waals surface area contributed by atoms with E-state index in [0.29, 0.717) is 5.56 Å². The van der Waals surface area contributed by atoms with Gasteiger partial charge in [-0.25, -0.2) is 0 Å². The third-order valence-electron chi connectivity index (χ3n) is 2.40. The van der Waals surface area contributed by atoms with Gasteiger partial charge in [0.05, 0.1) is 18.1 Å². The van der Waals surface area contributed by atoms with Crippen molar-refractivity contribution in [1.82, 2.24) is 5.32 Å². The van der Waals surface area contributed by atoms with E-state index in [1.54, 1.807) is 31.2 Å². The van der Waals surface area contributed by atoms with Crippen molar-refractivity contribution in [2.75, 3.05) is 6.54 Å². The van der Waals surface area contributed by atoms with Gasteiger partial charge >= 0.3 is 6.18 Å². The van der Waals surface area contributed by atoms with Crippen LogP contribution in [-0.2, 0) is 0 Å². The van der Waals surface area contributed by atoms with E-state index >= 15 is 0 Å². The molecule has 0 radical (unpaired) electrons. The van der Waals surface area contributed by atoms with Crippen LogP contribution in [0.3, 0.4) is 0 Å². The van der Waals surface area contributed by atoms with Crippen LogP contribution in [0, 0.1) is 11.3 Å². The number of hydrogen-bond donors (Lipinski definition) is 1. The Hall–Kier alpha value is -1.54. The molecule has 0 aliphatic heterocycles. The summed E-state index contributed by atoms with van der Waals surface area (Å²) >= 11 is 0. The molecular formula is C12H13F3N2. The van der Waals surface area contributed by atoms with Crippen molar-refractivity contribution in [3.63, 3.8) is 0 Å². The average molecular weight is 242 g/mol. The molecule has 0 amide bonds. The Balaban J connectivity index is 2.47. The summed E-state index contributed by atoms with van der Waals surface area (Å²) in [5.74, 6) is 0. The quantitative estimate of drug-likeness (QED) is 0.880. The third-order valence-corrected chi connectivity index (χ3v) is 2.40. The van der Waals surface area contributed by atoms with Crippen LogP contribution in [0.2, 0.25) is 0 Å². The highest BCUT2D eigenvalue weighted by atomic mass is 19.4. The van der Waals surface area contributed by atoms with Gasteiger partial charge in [-0.3, -0.25) is 0 Å². The molecule has 0 saturated heterocycles. The maximum Gasteiger partial charge on any atom is 0.390 e. The summed E-state index contributed by atoms with van der Waals surface area (Å²) in [5, 5.41) is 11.4. The molecule has 1 aromatic rings. The fourth-order valence-electron chi connectivity index (χ4n) is 1.39. The Labute approximate surface area is 98.1 Å². The van der Waals surface area contributed by atoms with Crippen molar-refractivity contribution in [3.8, 4) is 6.07 Å². The number of nitrogens with one attached hydrogen (secondary N) is 1. The topological polar surface area (TPSA) is 35.8 Å². The maximum atomic E-state index is 11.9. The highest BCUT2D eigenvalue weighted by Gasteiger charge is 2.26. The van der Waals surface area contributed by atoms with Crippen LogP contribution < -0.4 is 5.32 Å². The molecule has 2 nitrogen and oxygen atoms in total. The summed E-state index contributed by atoms with van der Waals surface area (Å²) in [6.07, 6.45) is -4.97. The fourth-order valence-corrected chi connectivity index (χ4v) is 1.39. The van der Waals surface area contributed by atoms with Crippen LogP contribution in [0.4, 0.5) is 13.2 Å². The van der Waals surface area contributed by atoms with Crippen molar-refractivity contribution >= 4 is 0 Å². The van der Waals surface area contributed by atoms with E-state index in [4.69, 9.17) is 5.26 Å². The summed E-state index contributed by atoms with van der Waals surface area (Å²) in [5.41, 5.74) is 1.41. The molecule has 1 aromatic carbocycles. The van der Waals surface area contributed by atoms with Crippen molar-refractivity contribution in [2.45, 2.75) is 25.6 Å². The lowest BCUT2D eigenvalue weighted by Crippen LogP contribution is -2.24. The predicted octanol–water partition coefficient (Wildman–Crippen LogP) is 3.16. The molecule has 0 aromatic heterocycles. The predicted molar refractivity (Wildman–Crippen MR) is 58.2 cm³/mol. The van der Waals surface area contributed by atoms with Gasteiger partial charge in [-0.15, -0.1) is 0 Å². The van der Waals surface area contributed by atoms with Gasteiger partial charge in [-0.05, 0) is 24.6 Å². The van der Waals surface area contributed by atoms with E-state index in [0.717, 1.165) is 5.56 Å². The maximum absolute atomic E-state index is 11.9. The Morgan fingerprint density at radius 3 is 2.35 bits per heavy atom. The molecule has 0 bridgehead atoms. The van der Waals surface area contributed by atoms with Gasteiger partial charge in [-0.2, -0.15) is 18.4 Å². The second-order valence-corrected chi connectivity index (χ2v) is 3.77. The number of halogens is 3. The van der Waals surface area contributed by atoms with E-state index in [1.807, 2.05) is 6.07 Å². The van der Waals surface area contributed by atoms with Crippen LogP contribution >= 0.6 is 0 Å². The minimum Gasteiger partial charge on any atom is -0.310 e. The Morgan fingerprint density at radius 2 is 1.88 bits per heavy atom. The minimum absolute atomic E-state index is 0.106. The Kier molecular flexibility index (Phi) is 4.53. The van der Waals surface area contributed by atoms with Gasteiger partial charge in [0.2, 0.25) is 0 Å². The molecule has 5 heteroatoms. The van der Waals surface area contributed by atoms with Crippen LogP contribution in [0.15, 0.2) is 24.3 Å². The largest absolute Gasteiger partial charge is 0.390 e. The molecule has 0 spiro atoms. The van der Waals surface area contributed by atoms with Crippen molar-refractivity contribution in [3.05, 3.63) is 35.4 Å². The lowest BCUT2D eigenvalue weighted by molar-refractivity contribution is -0.133. The van der Waals surface area contributed by atoms with Gasteiger partial charge < -0.3 is 5.32 Å². The van der Waals surface area contributed by atoms with E-state index in [9.17, 15) is 13.2 Å². The molecule has 1 unspecified atom stereocenters. The molecular weight excluding hydrogens is 229 g/mol. The first-order valence-electron chi connectivity index (χ1n) is 5.22. The van der Waals surface area contributed by atoms with Crippen molar-refractivity contribution < 1.29 is 13.2 Å². The molecule has 0 fully saturated rings. The van der Waals surface area contributed by atoms with Gasteiger partial charge in [0, 0.05) is 12.6 Å². The highest BCUT2D eigenvalue weighted by Crippen LogP contribution is 2.19. The molecule has 92 valence electrons. The lowest BCUT2D eigenvalue weighted by atomic mass is 10.1. The SMILES string of the molecule is CC(NCCC(F)(F)F)c1ccc(C#N)cc1. The van der Waals surface area contributed by atoms with E-state index < -0.39 is 12.6 Å². The van der Waals surface area contributed by atoms with E-state index in [1.165, 1.54) is 0 Å². The van der Waals surface area contributed by atoms with Gasteiger partial charge in [-0.1, -0.05) is 12.1 Å². The average Bonchev–Trinajstić information content (AvgIpc) is 2.27. The minimum atomic E-state index is -4.13. The van der Waals surface area contributed by atoms with Gasteiger partial charge in [0.1, 0.15) is 0 Å². The number of benzene rings is 1. The van der Waals surface area contributed by atoms with Gasteiger partial charge in [0.15, 0.2) is 0 Å². The summed E-state index contributed by atoms with van der Waals surface area (Å²) in [7, 11) is 0. The molecule has 0 saturated carbocycles. The zero-order chi connectivity index (χ0) is 12.9. The summed E-state index contributed by atoms with van der Waals surface area (Å²) in [6, 6.07) is 8.60. The summed E-state index contributed by atoms with van der Waals surface area (Å²) < 4.78 is 35.8. The van der Waals surface area contributed by atoms with Gasteiger partial charge in [0.25, 0.3) is 0 Å². The number of hydrogen-bond acceptors (Lipinski definition) is 2. The number of alkyl halides is 3. The van der Waals surface area contributed by atoms with Crippen LogP contribution in [0.25, 0.3) is 0 Å². The van der Waals surface area contributed by atoms with Crippen LogP contribution in [-0.4, -0.2) is 12.7 Å². The molecule has 0 aliphatic rings. The van der Waals surface area contributed by atoms with Crippen LogP contribution in [0.5, 0.6) is 0 Å². The Morgan fingerprint density at radius 1 is 1.29 bits per heavy atom. The van der Waals surface area contributed by atoms with Crippen LogP contribution in [0.1, 0.15) is 30.5 Å². The highest BCUT2D eigenvalue weighted by molar-refractivity contribution is 5.32. The van der Waals surface area contributed by atoms with Crippen molar-refractivity contribution in [2.24, 2.45) is 0 Å². The fraction of sp³-hybridized carbons (Fsp3) is 0.417. The summed E-state index contributed by atoms with van der Waals surface area (Å²) in [4.78, 5) is 0. The lowest BCUT2D eigenvalue weighted by Gasteiger charge is -2.15. The monoisotopic (exact) mass is 242 g/mol. The standard InChI is InChI=1S/C12H13F3N2/c1-9(17-7-6-12(13,14)15)11-4-2-10(8-16)3-5-11/h2-5,9,17H,6-7H2,1H3. The Bertz CT molecular complexity index is 390. The molecule has 1 rings (SSSR count). The van der Waals surface area contributed by atoms with Crippen molar-refractivity contribution in [1.29, 1.82) is 5.26 Å². The second kappa shape index (κ2) is 5.69. The summed E-state index contributed by atoms with van der Waals surface area (Å²) in [6.45, 7) is 1.68. The first-order valence-corrected chi connectivity index (χ1v) is 5.22. The number of nitrogens with zero attached hydrogens (tertiary/aromatic N) is 1. The molecule has 1 atom stereocenters. The number of rotatable bonds is 4. The first kappa shape index (κ1) is 13.5.